The summed E-state index contributed by atoms with van der Waals surface area (Å²) >= 11 is 0. The molecule has 1 N–H and O–H groups in total. The molecule has 112 valence electrons. The number of nitrogens with one attached hydrogen (secondary N) is 1. The van der Waals surface area contributed by atoms with Crippen molar-refractivity contribution in [3.8, 4) is 0 Å². The van der Waals surface area contributed by atoms with E-state index in [-0.39, 0.29) is 6.42 Å². The van der Waals surface area contributed by atoms with Gasteiger partial charge in [0, 0.05) is 6.04 Å². The molecule has 0 bridgehead atoms. The summed E-state index contributed by atoms with van der Waals surface area (Å²) in [5.74, 6) is -1.25. The molecule has 2 atom stereocenters. The van der Waals surface area contributed by atoms with E-state index in [9.17, 15) is 13.2 Å². The van der Waals surface area contributed by atoms with E-state index in [1.165, 1.54) is 0 Å². The second-order valence-corrected chi connectivity index (χ2v) is 5.69. The molecule has 0 aromatic heterocycles. The molecule has 0 spiro atoms. The van der Waals surface area contributed by atoms with Crippen molar-refractivity contribution in [2.24, 2.45) is 5.92 Å². The molecular formula is C17H18F3N. The molecule has 0 saturated carbocycles. The summed E-state index contributed by atoms with van der Waals surface area (Å²) in [6, 6.07) is 13.2. The quantitative estimate of drug-likeness (QED) is 0.870. The van der Waals surface area contributed by atoms with Gasteiger partial charge in [0.2, 0.25) is 0 Å². The van der Waals surface area contributed by atoms with Crippen molar-refractivity contribution in [3.63, 3.8) is 0 Å². The van der Waals surface area contributed by atoms with Crippen molar-refractivity contribution in [1.82, 2.24) is 5.32 Å². The third-order valence-electron chi connectivity index (χ3n) is 4.32. The summed E-state index contributed by atoms with van der Waals surface area (Å²) in [7, 11) is 0. The predicted molar refractivity (Wildman–Crippen MR) is 78.2 cm³/mol. The van der Waals surface area contributed by atoms with E-state index in [0.717, 1.165) is 16.3 Å². The maximum atomic E-state index is 13.2. The van der Waals surface area contributed by atoms with Crippen LogP contribution in [0.4, 0.5) is 13.2 Å². The van der Waals surface area contributed by atoms with Crippen molar-refractivity contribution in [2.45, 2.75) is 31.5 Å². The first-order valence-electron chi connectivity index (χ1n) is 7.32. The molecule has 0 aliphatic carbocycles. The van der Waals surface area contributed by atoms with Crippen molar-refractivity contribution in [3.05, 3.63) is 48.0 Å². The third-order valence-corrected chi connectivity index (χ3v) is 4.32. The number of alkyl halides is 3. The number of hydrogen-bond donors (Lipinski definition) is 1. The van der Waals surface area contributed by atoms with Gasteiger partial charge in [0.05, 0.1) is 5.92 Å². The SMILES string of the molecule is FC(F)(F)C1CCCNC1Cc1cccc2ccccc12. The Morgan fingerprint density at radius 1 is 1.05 bits per heavy atom. The number of fused-ring (bicyclic) bond motifs is 1. The van der Waals surface area contributed by atoms with Gasteiger partial charge in [0.1, 0.15) is 0 Å². The van der Waals surface area contributed by atoms with E-state index in [4.69, 9.17) is 0 Å². The molecule has 2 aromatic rings. The van der Waals surface area contributed by atoms with Gasteiger partial charge in [-0.1, -0.05) is 42.5 Å². The maximum Gasteiger partial charge on any atom is 0.393 e. The Labute approximate surface area is 122 Å². The van der Waals surface area contributed by atoms with Gasteiger partial charge in [0.25, 0.3) is 0 Å². The summed E-state index contributed by atoms with van der Waals surface area (Å²) in [5.41, 5.74) is 0.988. The molecule has 1 heterocycles. The highest BCUT2D eigenvalue weighted by Gasteiger charge is 2.45. The van der Waals surface area contributed by atoms with E-state index in [1.54, 1.807) is 0 Å². The van der Waals surface area contributed by atoms with Gasteiger partial charge in [-0.15, -0.1) is 0 Å². The number of hydrogen-bond acceptors (Lipinski definition) is 1. The normalized spacial score (nSPS) is 23.4. The molecule has 4 heteroatoms. The average Bonchev–Trinajstić information content (AvgIpc) is 2.47. The standard InChI is InChI=1S/C17H18F3N/c18-17(19,20)15-9-4-10-21-16(15)11-13-7-3-6-12-5-1-2-8-14(12)13/h1-3,5-8,15-16,21H,4,9-11H2. The lowest BCUT2D eigenvalue weighted by Crippen LogP contribution is -2.48. The first kappa shape index (κ1) is 14.4. The Morgan fingerprint density at radius 2 is 1.81 bits per heavy atom. The van der Waals surface area contributed by atoms with Crippen LogP contribution < -0.4 is 5.32 Å². The Bertz CT molecular complexity index is 615. The van der Waals surface area contributed by atoms with Gasteiger partial charge in [-0.3, -0.25) is 0 Å². The van der Waals surface area contributed by atoms with Gasteiger partial charge in [-0.2, -0.15) is 13.2 Å². The molecule has 1 aliphatic rings. The maximum absolute atomic E-state index is 13.2. The fourth-order valence-corrected chi connectivity index (χ4v) is 3.27. The summed E-state index contributed by atoms with van der Waals surface area (Å²) in [6.07, 6.45) is -2.88. The van der Waals surface area contributed by atoms with Crippen molar-refractivity contribution in [1.29, 1.82) is 0 Å². The number of benzene rings is 2. The molecular weight excluding hydrogens is 275 g/mol. The zero-order valence-corrected chi connectivity index (χ0v) is 11.7. The predicted octanol–water partition coefficient (Wildman–Crippen LogP) is 4.31. The lowest BCUT2D eigenvalue weighted by molar-refractivity contribution is -0.188. The highest BCUT2D eigenvalue weighted by Crippen LogP contribution is 2.36. The molecule has 1 nitrogen and oxygen atoms in total. The van der Waals surface area contributed by atoms with E-state index < -0.39 is 18.1 Å². The van der Waals surface area contributed by atoms with Crippen LogP contribution >= 0.6 is 0 Å². The largest absolute Gasteiger partial charge is 0.393 e. The Morgan fingerprint density at radius 3 is 2.62 bits per heavy atom. The summed E-state index contributed by atoms with van der Waals surface area (Å²) in [4.78, 5) is 0. The van der Waals surface area contributed by atoms with Crippen molar-refractivity contribution >= 4 is 10.8 Å². The molecule has 0 radical (unpaired) electrons. The molecule has 21 heavy (non-hydrogen) atoms. The van der Waals surface area contributed by atoms with Gasteiger partial charge in [-0.05, 0) is 42.1 Å². The van der Waals surface area contributed by atoms with E-state index in [2.05, 4.69) is 5.32 Å². The highest BCUT2D eigenvalue weighted by molar-refractivity contribution is 5.85. The smallest absolute Gasteiger partial charge is 0.313 e. The topological polar surface area (TPSA) is 12.0 Å². The van der Waals surface area contributed by atoms with Crippen LogP contribution in [-0.4, -0.2) is 18.8 Å². The molecule has 1 aliphatic heterocycles. The van der Waals surface area contributed by atoms with E-state index >= 15 is 0 Å². The lowest BCUT2D eigenvalue weighted by Gasteiger charge is -2.34. The van der Waals surface area contributed by atoms with Gasteiger partial charge >= 0.3 is 6.18 Å². The Kier molecular flexibility index (Phi) is 3.89. The van der Waals surface area contributed by atoms with E-state index in [0.29, 0.717) is 19.4 Å². The van der Waals surface area contributed by atoms with Crippen LogP contribution in [0.5, 0.6) is 0 Å². The van der Waals surface area contributed by atoms with Crippen LogP contribution in [-0.2, 0) is 6.42 Å². The second kappa shape index (κ2) is 5.68. The molecule has 2 unspecified atom stereocenters. The Hall–Kier alpha value is -1.55. The highest BCUT2D eigenvalue weighted by atomic mass is 19.4. The summed E-state index contributed by atoms with van der Waals surface area (Å²) < 4.78 is 39.5. The van der Waals surface area contributed by atoms with Crippen molar-refractivity contribution in [2.75, 3.05) is 6.54 Å². The van der Waals surface area contributed by atoms with Crippen LogP contribution in [0.2, 0.25) is 0 Å². The van der Waals surface area contributed by atoms with Gasteiger partial charge in [-0.25, -0.2) is 0 Å². The first-order valence-corrected chi connectivity index (χ1v) is 7.32. The van der Waals surface area contributed by atoms with Crippen LogP contribution in [0, 0.1) is 5.92 Å². The number of rotatable bonds is 2. The molecule has 3 rings (SSSR count). The molecule has 0 amide bonds. The minimum absolute atomic E-state index is 0.228. The van der Waals surface area contributed by atoms with Crippen LogP contribution in [0.1, 0.15) is 18.4 Å². The van der Waals surface area contributed by atoms with Crippen molar-refractivity contribution < 1.29 is 13.2 Å². The Balaban J connectivity index is 1.90. The lowest BCUT2D eigenvalue weighted by atomic mass is 9.85. The fraction of sp³-hybridized carbons (Fsp3) is 0.412. The second-order valence-electron chi connectivity index (χ2n) is 5.69. The third kappa shape index (κ3) is 3.05. The van der Waals surface area contributed by atoms with E-state index in [1.807, 2.05) is 42.5 Å². The zero-order valence-electron chi connectivity index (χ0n) is 11.7. The molecule has 1 fully saturated rings. The minimum Gasteiger partial charge on any atom is -0.313 e. The fourth-order valence-electron chi connectivity index (χ4n) is 3.27. The molecule has 2 aromatic carbocycles. The van der Waals surface area contributed by atoms with Crippen LogP contribution in [0.15, 0.2) is 42.5 Å². The zero-order chi connectivity index (χ0) is 14.9. The number of halogens is 3. The molecule has 1 saturated heterocycles. The first-order chi connectivity index (χ1) is 10.1. The minimum atomic E-state index is -4.12. The average molecular weight is 293 g/mol. The summed E-state index contributed by atoms with van der Waals surface area (Å²) in [6.45, 7) is 0.669. The number of piperidine rings is 1. The monoisotopic (exact) mass is 293 g/mol. The van der Waals surface area contributed by atoms with Gasteiger partial charge in [0.15, 0.2) is 0 Å². The van der Waals surface area contributed by atoms with Gasteiger partial charge < -0.3 is 5.32 Å². The summed E-state index contributed by atoms with van der Waals surface area (Å²) in [5, 5.41) is 5.20. The van der Waals surface area contributed by atoms with Crippen LogP contribution in [0.3, 0.4) is 0 Å². The van der Waals surface area contributed by atoms with Crippen LogP contribution in [0.25, 0.3) is 10.8 Å².